The SMILES string of the molecule is CC(C)C(C)c1ccc(OCC2CO2)cc1. The number of epoxide rings is 1. The Labute approximate surface area is 97.6 Å². The molecule has 0 N–H and O–H groups in total. The maximum absolute atomic E-state index is 5.60. The molecule has 1 aromatic carbocycles. The Balaban J connectivity index is 1.92. The van der Waals surface area contributed by atoms with E-state index in [1.807, 2.05) is 0 Å². The molecule has 0 amide bonds. The van der Waals surface area contributed by atoms with Gasteiger partial charge in [0.05, 0.1) is 6.61 Å². The molecule has 0 aliphatic carbocycles. The van der Waals surface area contributed by atoms with E-state index in [1.54, 1.807) is 0 Å². The summed E-state index contributed by atoms with van der Waals surface area (Å²) in [6.07, 6.45) is 0.328. The predicted molar refractivity (Wildman–Crippen MR) is 64.9 cm³/mol. The normalized spacial score (nSPS) is 20.9. The number of hydrogen-bond acceptors (Lipinski definition) is 2. The van der Waals surface area contributed by atoms with Gasteiger partial charge < -0.3 is 9.47 Å². The van der Waals surface area contributed by atoms with Crippen LogP contribution in [-0.2, 0) is 4.74 Å². The minimum Gasteiger partial charge on any atom is -0.491 e. The summed E-state index contributed by atoms with van der Waals surface area (Å²) in [7, 11) is 0. The van der Waals surface area contributed by atoms with Crippen LogP contribution in [0.2, 0.25) is 0 Å². The standard InChI is InChI=1S/C14H20O2/c1-10(2)11(3)12-4-6-13(7-5-12)15-8-14-9-16-14/h4-7,10-11,14H,8-9H2,1-3H3. The number of rotatable bonds is 5. The van der Waals surface area contributed by atoms with Gasteiger partial charge in [0, 0.05) is 0 Å². The quantitative estimate of drug-likeness (QED) is 0.711. The van der Waals surface area contributed by atoms with Gasteiger partial charge in [-0.3, -0.25) is 0 Å². The Bertz CT molecular complexity index is 325. The lowest BCUT2D eigenvalue weighted by Crippen LogP contribution is -2.05. The minimum absolute atomic E-state index is 0.328. The van der Waals surface area contributed by atoms with Crippen molar-refractivity contribution in [3.8, 4) is 5.75 Å². The van der Waals surface area contributed by atoms with E-state index >= 15 is 0 Å². The molecule has 2 heteroatoms. The van der Waals surface area contributed by atoms with Gasteiger partial charge in [0.25, 0.3) is 0 Å². The van der Waals surface area contributed by atoms with Crippen LogP contribution in [0.3, 0.4) is 0 Å². The number of benzene rings is 1. The molecule has 2 unspecified atom stereocenters. The van der Waals surface area contributed by atoms with Gasteiger partial charge in [-0.05, 0) is 29.5 Å². The van der Waals surface area contributed by atoms with Crippen LogP contribution in [0, 0.1) is 5.92 Å². The summed E-state index contributed by atoms with van der Waals surface area (Å²) in [5, 5.41) is 0. The molecule has 2 atom stereocenters. The molecule has 1 aliphatic heterocycles. The van der Waals surface area contributed by atoms with Crippen molar-refractivity contribution in [1.82, 2.24) is 0 Å². The van der Waals surface area contributed by atoms with E-state index in [1.165, 1.54) is 5.56 Å². The molecule has 0 saturated carbocycles. The summed E-state index contributed by atoms with van der Waals surface area (Å²) in [5.41, 5.74) is 1.38. The smallest absolute Gasteiger partial charge is 0.119 e. The highest BCUT2D eigenvalue weighted by atomic mass is 16.6. The van der Waals surface area contributed by atoms with Crippen LogP contribution < -0.4 is 4.74 Å². The lowest BCUT2D eigenvalue weighted by atomic mass is 9.90. The summed E-state index contributed by atoms with van der Waals surface area (Å²) in [5.74, 6) is 2.21. The molecule has 0 radical (unpaired) electrons. The summed E-state index contributed by atoms with van der Waals surface area (Å²) < 4.78 is 10.7. The van der Waals surface area contributed by atoms with Crippen molar-refractivity contribution in [3.63, 3.8) is 0 Å². The first-order chi connectivity index (χ1) is 7.66. The van der Waals surface area contributed by atoms with Gasteiger partial charge in [0.1, 0.15) is 18.5 Å². The summed E-state index contributed by atoms with van der Waals surface area (Å²) in [4.78, 5) is 0. The van der Waals surface area contributed by atoms with Crippen molar-refractivity contribution in [2.24, 2.45) is 5.92 Å². The Hall–Kier alpha value is -1.02. The van der Waals surface area contributed by atoms with Crippen molar-refractivity contribution in [2.45, 2.75) is 32.8 Å². The summed E-state index contributed by atoms with van der Waals surface area (Å²) in [6, 6.07) is 8.43. The van der Waals surface area contributed by atoms with Crippen LogP contribution in [0.1, 0.15) is 32.3 Å². The fraction of sp³-hybridized carbons (Fsp3) is 0.571. The number of hydrogen-bond donors (Lipinski definition) is 0. The maximum Gasteiger partial charge on any atom is 0.119 e. The maximum atomic E-state index is 5.60. The van der Waals surface area contributed by atoms with Crippen LogP contribution in [0.5, 0.6) is 5.75 Å². The van der Waals surface area contributed by atoms with Crippen LogP contribution >= 0.6 is 0 Å². The largest absolute Gasteiger partial charge is 0.491 e. The van der Waals surface area contributed by atoms with E-state index in [2.05, 4.69) is 45.0 Å². The highest BCUT2D eigenvalue weighted by Crippen LogP contribution is 2.25. The monoisotopic (exact) mass is 220 g/mol. The molecule has 1 aromatic rings. The summed E-state index contributed by atoms with van der Waals surface area (Å²) in [6.45, 7) is 8.29. The molecule has 1 saturated heterocycles. The molecule has 0 spiro atoms. The van der Waals surface area contributed by atoms with Gasteiger partial charge >= 0.3 is 0 Å². The average Bonchev–Trinajstić information content (AvgIpc) is 3.10. The lowest BCUT2D eigenvalue weighted by molar-refractivity contribution is 0.263. The highest BCUT2D eigenvalue weighted by Gasteiger charge is 2.23. The zero-order valence-corrected chi connectivity index (χ0v) is 10.3. The van der Waals surface area contributed by atoms with E-state index in [9.17, 15) is 0 Å². The van der Waals surface area contributed by atoms with Crippen molar-refractivity contribution in [1.29, 1.82) is 0 Å². The van der Waals surface area contributed by atoms with Gasteiger partial charge in [-0.25, -0.2) is 0 Å². The van der Waals surface area contributed by atoms with E-state index < -0.39 is 0 Å². The van der Waals surface area contributed by atoms with Gasteiger partial charge in [-0.1, -0.05) is 32.9 Å². The van der Waals surface area contributed by atoms with Crippen LogP contribution in [0.25, 0.3) is 0 Å². The van der Waals surface area contributed by atoms with Crippen molar-refractivity contribution in [2.75, 3.05) is 13.2 Å². The highest BCUT2D eigenvalue weighted by molar-refractivity contribution is 5.29. The first kappa shape index (κ1) is 11.5. The Morgan fingerprint density at radius 1 is 1.25 bits per heavy atom. The van der Waals surface area contributed by atoms with E-state index in [0.29, 0.717) is 24.5 Å². The molecular weight excluding hydrogens is 200 g/mol. The van der Waals surface area contributed by atoms with Gasteiger partial charge in [-0.2, -0.15) is 0 Å². The molecule has 2 rings (SSSR count). The van der Waals surface area contributed by atoms with Gasteiger partial charge in [0.15, 0.2) is 0 Å². The second-order valence-electron chi connectivity index (χ2n) is 4.87. The van der Waals surface area contributed by atoms with Crippen molar-refractivity contribution < 1.29 is 9.47 Å². The zero-order chi connectivity index (χ0) is 11.5. The Morgan fingerprint density at radius 3 is 2.38 bits per heavy atom. The second kappa shape index (κ2) is 4.88. The molecule has 1 aliphatic rings. The Morgan fingerprint density at radius 2 is 1.88 bits per heavy atom. The average molecular weight is 220 g/mol. The van der Waals surface area contributed by atoms with E-state index in [-0.39, 0.29) is 0 Å². The fourth-order valence-corrected chi connectivity index (χ4v) is 1.61. The third-order valence-electron chi connectivity index (χ3n) is 3.24. The minimum atomic E-state index is 0.328. The van der Waals surface area contributed by atoms with Crippen LogP contribution in [-0.4, -0.2) is 19.3 Å². The predicted octanol–water partition coefficient (Wildman–Crippen LogP) is 3.22. The molecular formula is C14H20O2. The van der Waals surface area contributed by atoms with Crippen LogP contribution in [0.15, 0.2) is 24.3 Å². The van der Waals surface area contributed by atoms with Crippen LogP contribution in [0.4, 0.5) is 0 Å². The molecule has 88 valence electrons. The third kappa shape index (κ3) is 2.99. The second-order valence-corrected chi connectivity index (χ2v) is 4.87. The molecule has 1 heterocycles. The lowest BCUT2D eigenvalue weighted by Gasteiger charge is -2.16. The summed E-state index contributed by atoms with van der Waals surface area (Å²) >= 11 is 0. The van der Waals surface area contributed by atoms with E-state index in [0.717, 1.165) is 12.4 Å². The van der Waals surface area contributed by atoms with Crippen molar-refractivity contribution in [3.05, 3.63) is 29.8 Å². The Kier molecular flexibility index (Phi) is 3.49. The van der Waals surface area contributed by atoms with E-state index in [4.69, 9.17) is 9.47 Å². The topological polar surface area (TPSA) is 21.8 Å². The molecule has 0 aromatic heterocycles. The van der Waals surface area contributed by atoms with Gasteiger partial charge in [-0.15, -0.1) is 0 Å². The number of ether oxygens (including phenoxy) is 2. The first-order valence-corrected chi connectivity index (χ1v) is 6.01. The first-order valence-electron chi connectivity index (χ1n) is 6.01. The molecule has 16 heavy (non-hydrogen) atoms. The molecule has 2 nitrogen and oxygen atoms in total. The zero-order valence-electron chi connectivity index (χ0n) is 10.3. The third-order valence-corrected chi connectivity index (χ3v) is 3.24. The van der Waals surface area contributed by atoms with Gasteiger partial charge in [0.2, 0.25) is 0 Å². The van der Waals surface area contributed by atoms with Crippen molar-refractivity contribution >= 4 is 0 Å². The molecule has 1 fully saturated rings. The fourth-order valence-electron chi connectivity index (χ4n) is 1.61. The molecule has 0 bridgehead atoms.